The van der Waals surface area contributed by atoms with Crippen LogP contribution < -0.4 is 5.32 Å². The van der Waals surface area contributed by atoms with E-state index in [2.05, 4.69) is 50.2 Å². The molecule has 0 atom stereocenters. The van der Waals surface area contributed by atoms with Crippen LogP contribution in [0.4, 0.5) is 0 Å². The SMILES string of the molecule is CN1CCN(CCCNC(=O)C2=C(/C=C/c3ccc(Cl)cc3)Cc3cc(Br)ccc32)CC1. The number of carbonyl (C=O) groups excluding carboxylic acids is 1. The van der Waals surface area contributed by atoms with Crippen LogP contribution in [0, 0.1) is 0 Å². The van der Waals surface area contributed by atoms with Crippen molar-refractivity contribution < 1.29 is 4.79 Å². The van der Waals surface area contributed by atoms with Crippen LogP contribution in [0.1, 0.15) is 23.1 Å². The molecule has 1 saturated heterocycles. The Labute approximate surface area is 204 Å². The first-order chi connectivity index (χ1) is 15.5. The lowest BCUT2D eigenvalue weighted by Crippen LogP contribution is -2.45. The zero-order valence-electron chi connectivity index (χ0n) is 18.4. The summed E-state index contributed by atoms with van der Waals surface area (Å²) in [4.78, 5) is 18.0. The maximum absolute atomic E-state index is 13.2. The van der Waals surface area contributed by atoms with E-state index in [1.807, 2.05) is 42.5 Å². The van der Waals surface area contributed by atoms with Crippen LogP contribution in [-0.4, -0.2) is 62.0 Å². The molecule has 2 aromatic rings. The molecule has 2 aliphatic rings. The van der Waals surface area contributed by atoms with Crippen molar-refractivity contribution in [2.75, 3.05) is 46.3 Å². The molecule has 1 amide bonds. The van der Waals surface area contributed by atoms with Crippen LogP contribution >= 0.6 is 27.5 Å². The molecular formula is C26H29BrClN3O. The highest BCUT2D eigenvalue weighted by atomic mass is 79.9. The number of likely N-dealkylation sites (N-methyl/N-ethyl adjacent to an activating group) is 1. The van der Waals surface area contributed by atoms with Gasteiger partial charge in [0, 0.05) is 42.2 Å². The first-order valence-electron chi connectivity index (χ1n) is 11.1. The van der Waals surface area contributed by atoms with Gasteiger partial charge in [-0.15, -0.1) is 0 Å². The predicted octanol–water partition coefficient (Wildman–Crippen LogP) is 4.88. The number of fused-ring (bicyclic) bond motifs is 1. The standard InChI is InChI=1S/C26H29BrClN3O/c1-30-13-15-31(16-14-30)12-2-11-29-26(32)25-20(6-3-19-4-8-23(28)9-5-19)17-21-18-22(27)7-10-24(21)25/h3-10,18H,2,11-17H2,1H3,(H,29,32)/b6-3+. The fraction of sp³-hybridized carbons (Fsp3) is 0.346. The molecular weight excluding hydrogens is 486 g/mol. The third-order valence-electron chi connectivity index (χ3n) is 6.15. The van der Waals surface area contributed by atoms with Gasteiger partial charge < -0.3 is 15.1 Å². The number of nitrogens with one attached hydrogen (secondary N) is 1. The molecule has 1 fully saturated rings. The second-order valence-corrected chi connectivity index (χ2v) is 9.87. The van der Waals surface area contributed by atoms with Crippen molar-refractivity contribution in [1.29, 1.82) is 0 Å². The van der Waals surface area contributed by atoms with Crippen LogP contribution in [0.3, 0.4) is 0 Å². The van der Waals surface area contributed by atoms with Crippen molar-refractivity contribution in [3.63, 3.8) is 0 Å². The highest BCUT2D eigenvalue weighted by Crippen LogP contribution is 2.35. The largest absolute Gasteiger partial charge is 0.352 e. The van der Waals surface area contributed by atoms with E-state index in [9.17, 15) is 4.79 Å². The van der Waals surface area contributed by atoms with E-state index in [-0.39, 0.29) is 5.91 Å². The minimum absolute atomic E-state index is 0.0141. The minimum atomic E-state index is 0.0141. The fourth-order valence-corrected chi connectivity index (χ4v) is 4.80. The van der Waals surface area contributed by atoms with Crippen molar-refractivity contribution in [1.82, 2.24) is 15.1 Å². The summed E-state index contributed by atoms with van der Waals surface area (Å²) in [5, 5.41) is 3.89. The lowest BCUT2D eigenvalue weighted by Gasteiger charge is -2.32. The van der Waals surface area contributed by atoms with Gasteiger partial charge in [-0.05, 0) is 73.0 Å². The van der Waals surface area contributed by atoms with Gasteiger partial charge in [0.2, 0.25) is 0 Å². The average Bonchev–Trinajstić information content (AvgIpc) is 3.15. The van der Waals surface area contributed by atoms with Gasteiger partial charge in [0.25, 0.3) is 5.91 Å². The predicted molar refractivity (Wildman–Crippen MR) is 137 cm³/mol. The van der Waals surface area contributed by atoms with Crippen LogP contribution in [0.5, 0.6) is 0 Å². The molecule has 0 saturated carbocycles. The van der Waals surface area contributed by atoms with E-state index in [1.54, 1.807) is 0 Å². The number of hydrogen-bond acceptors (Lipinski definition) is 3. The number of nitrogens with zero attached hydrogens (tertiary/aromatic N) is 2. The molecule has 1 N–H and O–H groups in total. The number of halogens is 2. The summed E-state index contributed by atoms with van der Waals surface area (Å²) in [7, 11) is 2.17. The van der Waals surface area contributed by atoms with E-state index < -0.39 is 0 Å². The zero-order valence-corrected chi connectivity index (χ0v) is 20.8. The molecule has 32 heavy (non-hydrogen) atoms. The monoisotopic (exact) mass is 513 g/mol. The van der Waals surface area contributed by atoms with Crippen LogP contribution in [0.2, 0.25) is 5.02 Å². The summed E-state index contributed by atoms with van der Waals surface area (Å²) < 4.78 is 1.03. The summed E-state index contributed by atoms with van der Waals surface area (Å²) >= 11 is 9.56. The first kappa shape index (κ1) is 23.2. The minimum Gasteiger partial charge on any atom is -0.352 e. The molecule has 0 bridgehead atoms. The van der Waals surface area contributed by atoms with Crippen molar-refractivity contribution in [2.24, 2.45) is 0 Å². The van der Waals surface area contributed by atoms with Crippen molar-refractivity contribution in [3.8, 4) is 0 Å². The maximum atomic E-state index is 13.2. The Morgan fingerprint density at radius 2 is 1.84 bits per heavy atom. The van der Waals surface area contributed by atoms with Gasteiger partial charge in [-0.3, -0.25) is 4.79 Å². The van der Waals surface area contributed by atoms with Gasteiger partial charge in [0.15, 0.2) is 0 Å². The number of hydrogen-bond donors (Lipinski definition) is 1. The summed E-state index contributed by atoms with van der Waals surface area (Å²) in [5.74, 6) is 0.0141. The first-order valence-corrected chi connectivity index (χ1v) is 12.3. The topological polar surface area (TPSA) is 35.6 Å². The Balaban J connectivity index is 1.43. The van der Waals surface area contributed by atoms with Crippen LogP contribution in [0.25, 0.3) is 11.6 Å². The van der Waals surface area contributed by atoms with E-state index >= 15 is 0 Å². The number of rotatable bonds is 7. The molecule has 0 radical (unpaired) electrons. The fourth-order valence-electron chi connectivity index (χ4n) is 4.26. The molecule has 168 valence electrons. The third-order valence-corrected chi connectivity index (χ3v) is 6.89. The summed E-state index contributed by atoms with van der Waals surface area (Å²) in [6.07, 6.45) is 5.83. The Morgan fingerprint density at radius 3 is 2.59 bits per heavy atom. The lowest BCUT2D eigenvalue weighted by molar-refractivity contribution is -0.115. The highest BCUT2D eigenvalue weighted by Gasteiger charge is 2.25. The quantitative estimate of drug-likeness (QED) is 0.535. The molecule has 4 nitrogen and oxygen atoms in total. The highest BCUT2D eigenvalue weighted by molar-refractivity contribution is 9.10. The molecule has 6 heteroatoms. The second kappa shape index (κ2) is 10.8. The van der Waals surface area contributed by atoms with Crippen LogP contribution in [0.15, 0.2) is 58.6 Å². The van der Waals surface area contributed by atoms with Gasteiger partial charge >= 0.3 is 0 Å². The van der Waals surface area contributed by atoms with Gasteiger partial charge in [-0.2, -0.15) is 0 Å². The number of carbonyl (C=O) groups is 1. The third kappa shape index (κ3) is 5.90. The molecule has 1 heterocycles. The number of benzene rings is 2. The average molecular weight is 515 g/mol. The van der Waals surface area contributed by atoms with Gasteiger partial charge in [-0.25, -0.2) is 0 Å². The van der Waals surface area contributed by atoms with Crippen molar-refractivity contribution in [3.05, 3.63) is 80.3 Å². The molecule has 2 aromatic carbocycles. The number of allylic oxidation sites excluding steroid dienone is 2. The normalized spacial score (nSPS) is 17.2. The molecule has 1 aliphatic carbocycles. The van der Waals surface area contributed by atoms with Gasteiger partial charge in [0.1, 0.15) is 0 Å². The summed E-state index contributed by atoms with van der Waals surface area (Å²) in [6, 6.07) is 13.9. The zero-order chi connectivity index (χ0) is 22.5. The van der Waals surface area contributed by atoms with Gasteiger partial charge in [0.05, 0.1) is 5.57 Å². The Hall–Kier alpha value is -1.92. The summed E-state index contributed by atoms with van der Waals surface area (Å²) in [5.41, 5.74) is 5.10. The number of amides is 1. The Bertz CT molecular complexity index is 1020. The van der Waals surface area contributed by atoms with Gasteiger partial charge in [-0.1, -0.05) is 57.9 Å². The van der Waals surface area contributed by atoms with E-state index in [0.29, 0.717) is 6.54 Å². The molecule has 4 rings (SSSR count). The smallest absolute Gasteiger partial charge is 0.252 e. The van der Waals surface area contributed by atoms with Crippen molar-refractivity contribution in [2.45, 2.75) is 12.8 Å². The number of piperazine rings is 1. The summed E-state index contributed by atoms with van der Waals surface area (Å²) in [6.45, 7) is 6.17. The van der Waals surface area contributed by atoms with E-state index in [0.717, 1.165) is 77.3 Å². The maximum Gasteiger partial charge on any atom is 0.252 e. The molecule has 0 aromatic heterocycles. The Morgan fingerprint density at radius 1 is 1.09 bits per heavy atom. The molecule has 0 unspecified atom stereocenters. The molecule has 0 spiro atoms. The Kier molecular flexibility index (Phi) is 7.84. The van der Waals surface area contributed by atoms with Crippen molar-refractivity contribution >= 4 is 45.1 Å². The van der Waals surface area contributed by atoms with Crippen LogP contribution in [-0.2, 0) is 11.2 Å². The van der Waals surface area contributed by atoms with E-state index in [4.69, 9.17) is 11.6 Å². The lowest BCUT2D eigenvalue weighted by atomic mass is 10.0. The second-order valence-electron chi connectivity index (χ2n) is 8.52. The van der Waals surface area contributed by atoms with E-state index in [1.165, 1.54) is 5.56 Å². The molecule has 1 aliphatic heterocycles.